The van der Waals surface area contributed by atoms with Gasteiger partial charge in [-0.1, -0.05) is 38.8 Å². The van der Waals surface area contributed by atoms with Crippen LogP contribution in [0.2, 0.25) is 0 Å². The summed E-state index contributed by atoms with van der Waals surface area (Å²) in [6.45, 7) is 4.24. The first-order valence-electron chi connectivity index (χ1n) is 6.64. The molecular weight excluding hydrogens is 246 g/mol. The van der Waals surface area contributed by atoms with Gasteiger partial charge in [0.05, 0.1) is 4.90 Å². The Bertz CT molecular complexity index is 481. The van der Waals surface area contributed by atoms with Crippen LogP contribution in [0.15, 0.2) is 23.1 Å². The molecule has 3 nitrogen and oxygen atoms in total. The fourth-order valence-corrected chi connectivity index (χ4v) is 2.96. The molecule has 0 aliphatic rings. The lowest BCUT2D eigenvalue weighted by atomic mass is 9.98. The van der Waals surface area contributed by atoms with Crippen LogP contribution in [-0.2, 0) is 22.9 Å². The Morgan fingerprint density at radius 1 is 1.06 bits per heavy atom. The summed E-state index contributed by atoms with van der Waals surface area (Å²) in [4.78, 5) is 0.310. The molecule has 0 aliphatic carbocycles. The standard InChI is InChI=1S/C14H23NO2S/c1-3-5-8-12-9-7-11-14(18(15,16)17)13(12)10-6-4-2/h7,9,11H,3-6,8,10H2,1-2H3,(H2,15,16,17). The number of unbranched alkanes of at least 4 members (excludes halogenated alkanes) is 2. The Balaban J connectivity index is 3.17. The molecule has 2 N–H and O–H groups in total. The SMILES string of the molecule is CCCCc1cccc(S(N)(=O)=O)c1CCCC. The summed E-state index contributed by atoms with van der Waals surface area (Å²) in [5.74, 6) is 0. The normalized spacial score (nSPS) is 11.7. The second kappa shape index (κ2) is 6.90. The Kier molecular flexibility index (Phi) is 5.82. The van der Waals surface area contributed by atoms with Crippen LogP contribution < -0.4 is 5.14 Å². The van der Waals surface area contributed by atoms with Crippen molar-refractivity contribution in [3.05, 3.63) is 29.3 Å². The maximum Gasteiger partial charge on any atom is 0.238 e. The summed E-state index contributed by atoms with van der Waals surface area (Å²) in [5.41, 5.74) is 2.06. The predicted octanol–water partition coefficient (Wildman–Crippen LogP) is 3.02. The monoisotopic (exact) mass is 269 g/mol. The van der Waals surface area contributed by atoms with E-state index in [9.17, 15) is 8.42 Å². The summed E-state index contributed by atoms with van der Waals surface area (Å²) in [6, 6.07) is 5.44. The molecule has 4 heteroatoms. The van der Waals surface area contributed by atoms with Gasteiger partial charge >= 0.3 is 0 Å². The van der Waals surface area contributed by atoms with Gasteiger partial charge in [0.1, 0.15) is 0 Å². The third-order valence-corrected chi connectivity index (χ3v) is 4.11. The third kappa shape index (κ3) is 4.10. The van der Waals surface area contributed by atoms with Crippen molar-refractivity contribution in [3.8, 4) is 0 Å². The minimum absolute atomic E-state index is 0.310. The summed E-state index contributed by atoms with van der Waals surface area (Å²) >= 11 is 0. The molecule has 1 aromatic carbocycles. The molecule has 0 unspecified atom stereocenters. The van der Waals surface area contributed by atoms with Gasteiger partial charge < -0.3 is 0 Å². The maximum atomic E-state index is 11.6. The van der Waals surface area contributed by atoms with Crippen LogP contribution >= 0.6 is 0 Å². The number of aryl methyl sites for hydroxylation is 1. The molecule has 0 aromatic heterocycles. The van der Waals surface area contributed by atoms with E-state index >= 15 is 0 Å². The van der Waals surface area contributed by atoms with E-state index in [4.69, 9.17) is 5.14 Å². The molecule has 18 heavy (non-hydrogen) atoms. The van der Waals surface area contributed by atoms with Crippen molar-refractivity contribution in [2.45, 2.75) is 57.3 Å². The van der Waals surface area contributed by atoms with Gasteiger partial charge in [-0.15, -0.1) is 0 Å². The molecule has 0 radical (unpaired) electrons. The molecular formula is C14H23NO2S. The van der Waals surface area contributed by atoms with Crippen LogP contribution in [0.25, 0.3) is 0 Å². The van der Waals surface area contributed by atoms with Crippen molar-refractivity contribution >= 4 is 10.0 Å². The lowest BCUT2D eigenvalue weighted by Crippen LogP contribution is -2.16. The molecule has 0 fully saturated rings. The molecule has 0 saturated carbocycles. The van der Waals surface area contributed by atoms with E-state index < -0.39 is 10.0 Å². The summed E-state index contributed by atoms with van der Waals surface area (Å²) in [6.07, 6.45) is 5.94. The average molecular weight is 269 g/mol. The van der Waals surface area contributed by atoms with E-state index in [0.29, 0.717) is 4.90 Å². The second-order valence-electron chi connectivity index (χ2n) is 4.65. The highest BCUT2D eigenvalue weighted by molar-refractivity contribution is 7.89. The topological polar surface area (TPSA) is 60.2 Å². The van der Waals surface area contributed by atoms with Crippen molar-refractivity contribution in [2.24, 2.45) is 5.14 Å². The average Bonchev–Trinajstić information content (AvgIpc) is 2.32. The van der Waals surface area contributed by atoms with Gasteiger partial charge in [-0.25, -0.2) is 13.6 Å². The van der Waals surface area contributed by atoms with Gasteiger partial charge in [-0.3, -0.25) is 0 Å². The van der Waals surface area contributed by atoms with Gasteiger partial charge in [-0.2, -0.15) is 0 Å². The van der Waals surface area contributed by atoms with Crippen molar-refractivity contribution in [1.29, 1.82) is 0 Å². The van der Waals surface area contributed by atoms with E-state index in [1.54, 1.807) is 12.1 Å². The lowest BCUT2D eigenvalue weighted by molar-refractivity contribution is 0.595. The van der Waals surface area contributed by atoms with Crippen molar-refractivity contribution in [1.82, 2.24) is 0 Å². The molecule has 0 amide bonds. The number of nitrogens with two attached hydrogens (primary N) is 1. The smallest absolute Gasteiger partial charge is 0.225 e. The molecule has 0 saturated heterocycles. The summed E-state index contributed by atoms with van der Waals surface area (Å²) < 4.78 is 23.2. The zero-order valence-electron chi connectivity index (χ0n) is 11.3. The van der Waals surface area contributed by atoms with Crippen LogP contribution in [0.3, 0.4) is 0 Å². The minimum atomic E-state index is -3.61. The summed E-state index contributed by atoms with van der Waals surface area (Å²) in [5, 5.41) is 5.30. The quantitative estimate of drug-likeness (QED) is 0.827. The van der Waals surface area contributed by atoms with Crippen LogP contribution in [-0.4, -0.2) is 8.42 Å². The van der Waals surface area contributed by atoms with E-state index in [1.165, 1.54) is 0 Å². The molecule has 0 spiro atoms. The lowest BCUT2D eigenvalue weighted by Gasteiger charge is -2.13. The Morgan fingerprint density at radius 2 is 1.67 bits per heavy atom. The van der Waals surface area contributed by atoms with Gasteiger partial charge in [0.25, 0.3) is 0 Å². The first kappa shape index (κ1) is 15.2. The van der Waals surface area contributed by atoms with E-state index in [-0.39, 0.29) is 0 Å². The van der Waals surface area contributed by atoms with Crippen LogP contribution in [0, 0.1) is 0 Å². The number of hydrogen-bond donors (Lipinski definition) is 1. The zero-order valence-corrected chi connectivity index (χ0v) is 12.1. The van der Waals surface area contributed by atoms with Crippen LogP contribution in [0.5, 0.6) is 0 Å². The Morgan fingerprint density at radius 3 is 2.22 bits per heavy atom. The molecule has 102 valence electrons. The maximum absolute atomic E-state index is 11.6. The molecule has 1 aromatic rings. The van der Waals surface area contributed by atoms with Gasteiger partial charge in [0, 0.05) is 0 Å². The van der Waals surface area contributed by atoms with Crippen molar-refractivity contribution in [2.75, 3.05) is 0 Å². The highest BCUT2D eigenvalue weighted by Gasteiger charge is 2.16. The largest absolute Gasteiger partial charge is 0.238 e. The molecule has 0 heterocycles. The Labute approximate surface area is 110 Å². The van der Waals surface area contributed by atoms with E-state index in [2.05, 4.69) is 13.8 Å². The minimum Gasteiger partial charge on any atom is -0.225 e. The highest BCUT2D eigenvalue weighted by Crippen LogP contribution is 2.22. The number of sulfonamides is 1. The fourth-order valence-electron chi connectivity index (χ4n) is 2.12. The number of hydrogen-bond acceptors (Lipinski definition) is 2. The van der Waals surface area contributed by atoms with Crippen molar-refractivity contribution < 1.29 is 8.42 Å². The second-order valence-corrected chi connectivity index (χ2v) is 6.18. The van der Waals surface area contributed by atoms with Crippen LogP contribution in [0.1, 0.15) is 50.7 Å². The molecule has 0 bridgehead atoms. The van der Waals surface area contributed by atoms with E-state index in [0.717, 1.165) is 49.7 Å². The van der Waals surface area contributed by atoms with Gasteiger partial charge in [0.15, 0.2) is 0 Å². The Hall–Kier alpha value is -0.870. The molecule has 0 atom stereocenters. The number of rotatable bonds is 7. The molecule has 0 aliphatic heterocycles. The third-order valence-electron chi connectivity index (χ3n) is 3.12. The predicted molar refractivity (Wildman–Crippen MR) is 75.0 cm³/mol. The van der Waals surface area contributed by atoms with Gasteiger partial charge in [0.2, 0.25) is 10.0 Å². The fraction of sp³-hybridized carbons (Fsp3) is 0.571. The van der Waals surface area contributed by atoms with Crippen molar-refractivity contribution in [3.63, 3.8) is 0 Å². The highest BCUT2D eigenvalue weighted by atomic mass is 32.2. The first-order valence-corrected chi connectivity index (χ1v) is 8.18. The van der Waals surface area contributed by atoms with E-state index in [1.807, 2.05) is 6.07 Å². The van der Waals surface area contributed by atoms with Crippen LogP contribution in [0.4, 0.5) is 0 Å². The first-order chi connectivity index (χ1) is 8.50. The number of benzene rings is 1. The molecule has 1 rings (SSSR count). The summed E-state index contributed by atoms with van der Waals surface area (Å²) in [7, 11) is -3.61. The van der Waals surface area contributed by atoms with Gasteiger partial charge in [-0.05, 0) is 42.9 Å². The number of primary sulfonamides is 1. The zero-order chi connectivity index (χ0) is 13.6.